The fraction of sp³-hybridized carbons (Fsp3) is 0.348. The Balaban J connectivity index is 1.54. The Hall–Kier alpha value is -3.62. The Kier molecular flexibility index (Phi) is 6.25. The third-order valence-electron chi connectivity index (χ3n) is 5.51. The molecular weight excluding hydrogens is 417 g/mol. The summed E-state index contributed by atoms with van der Waals surface area (Å²) in [5, 5.41) is 4.12. The minimum atomic E-state index is -0.372. The fourth-order valence-corrected chi connectivity index (χ4v) is 3.87. The zero-order chi connectivity index (χ0) is 22.7. The molecule has 2 aromatic carbocycles. The molecule has 0 unspecified atom stereocenters. The van der Waals surface area contributed by atoms with E-state index in [0.29, 0.717) is 53.2 Å². The molecule has 0 bridgehead atoms. The lowest BCUT2D eigenvalue weighted by Crippen LogP contribution is -2.39. The Morgan fingerprint density at radius 1 is 1.09 bits per heavy atom. The number of carbonyl (C=O) groups is 1. The quantitative estimate of drug-likeness (QED) is 0.573. The molecule has 1 amide bonds. The first-order chi connectivity index (χ1) is 15.5. The van der Waals surface area contributed by atoms with E-state index in [9.17, 15) is 9.18 Å². The van der Waals surface area contributed by atoms with Gasteiger partial charge < -0.3 is 23.6 Å². The molecule has 1 saturated heterocycles. The number of piperidine rings is 1. The smallest absolute Gasteiger partial charge is 0.253 e. The predicted octanol–water partition coefficient (Wildman–Crippen LogP) is 3.92. The highest BCUT2D eigenvalue weighted by molar-refractivity contribution is 5.94. The van der Waals surface area contributed by atoms with Gasteiger partial charge in [0, 0.05) is 24.2 Å². The van der Waals surface area contributed by atoms with Crippen molar-refractivity contribution in [1.82, 2.24) is 15.0 Å². The molecule has 1 aromatic heterocycles. The molecule has 0 spiro atoms. The van der Waals surface area contributed by atoms with Gasteiger partial charge >= 0.3 is 0 Å². The van der Waals surface area contributed by atoms with E-state index in [2.05, 4.69) is 10.1 Å². The molecule has 2 heterocycles. The number of benzene rings is 2. The summed E-state index contributed by atoms with van der Waals surface area (Å²) in [4.78, 5) is 19.1. The van der Waals surface area contributed by atoms with Crippen LogP contribution in [0.25, 0.3) is 11.4 Å². The average Bonchev–Trinajstić information content (AvgIpc) is 3.33. The number of hydrogen-bond donors (Lipinski definition) is 0. The molecule has 3 aromatic rings. The summed E-state index contributed by atoms with van der Waals surface area (Å²) >= 11 is 0. The molecule has 1 aliphatic heterocycles. The van der Waals surface area contributed by atoms with Crippen LogP contribution in [0, 0.1) is 5.82 Å². The van der Waals surface area contributed by atoms with Crippen molar-refractivity contribution in [1.29, 1.82) is 0 Å². The number of ether oxygens (including phenoxy) is 3. The minimum Gasteiger partial charge on any atom is -0.493 e. The van der Waals surface area contributed by atoms with Crippen LogP contribution in [0.5, 0.6) is 17.2 Å². The van der Waals surface area contributed by atoms with E-state index >= 15 is 0 Å². The van der Waals surface area contributed by atoms with Crippen molar-refractivity contribution < 1.29 is 27.9 Å². The van der Waals surface area contributed by atoms with Gasteiger partial charge in [0.25, 0.3) is 5.91 Å². The first kappa shape index (κ1) is 21.6. The fourth-order valence-electron chi connectivity index (χ4n) is 3.87. The van der Waals surface area contributed by atoms with Crippen molar-refractivity contribution >= 4 is 5.91 Å². The standard InChI is InChI=1S/C23H24FN3O5/c1-29-18-11-16(12-19(30-2)20(18)31-3)21-25-22(32-26-21)15-5-4-10-27(13-15)23(28)14-6-8-17(24)9-7-14/h6-9,11-12,15H,4-5,10,13H2,1-3H3/t15-/m1/s1. The number of hydrogen-bond acceptors (Lipinski definition) is 7. The third kappa shape index (κ3) is 4.23. The second-order valence-electron chi connectivity index (χ2n) is 7.47. The molecular formula is C23H24FN3O5. The number of methoxy groups -OCH3 is 3. The zero-order valence-electron chi connectivity index (χ0n) is 18.1. The van der Waals surface area contributed by atoms with Gasteiger partial charge in [-0.15, -0.1) is 0 Å². The summed E-state index contributed by atoms with van der Waals surface area (Å²) in [6.45, 7) is 1.08. The molecule has 8 nitrogen and oxygen atoms in total. The first-order valence-corrected chi connectivity index (χ1v) is 10.2. The van der Waals surface area contributed by atoms with Crippen LogP contribution in [-0.2, 0) is 0 Å². The zero-order valence-corrected chi connectivity index (χ0v) is 18.1. The Bertz CT molecular complexity index is 1070. The topological polar surface area (TPSA) is 86.9 Å². The van der Waals surface area contributed by atoms with Gasteiger partial charge in [-0.25, -0.2) is 4.39 Å². The van der Waals surface area contributed by atoms with Gasteiger partial charge in [0.2, 0.25) is 17.5 Å². The minimum absolute atomic E-state index is 0.0866. The van der Waals surface area contributed by atoms with Crippen LogP contribution in [0.1, 0.15) is 35.0 Å². The van der Waals surface area contributed by atoms with E-state index < -0.39 is 0 Å². The highest BCUT2D eigenvalue weighted by atomic mass is 19.1. The number of carbonyl (C=O) groups excluding carboxylic acids is 1. The van der Waals surface area contributed by atoms with Crippen LogP contribution in [0.4, 0.5) is 4.39 Å². The second kappa shape index (κ2) is 9.25. The van der Waals surface area contributed by atoms with Crippen molar-refractivity contribution in [3.63, 3.8) is 0 Å². The molecule has 168 valence electrons. The average molecular weight is 441 g/mol. The maximum absolute atomic E-state index is 13.2. The number of halogens is 1. The Morgan fingerprint density at radius 2 is 1.78 bits per heavy atom. The maximum Gasteiger partial charge on any atom is 0.253 e. The molecule has 0 radical (unpaired) electrons. The van der Waals surface area contributed by atoms with Crippen LogP contribution in [0.15, 0.2) is 40.9 Å². The van der Waals surface area contributed by atoms with Gasteiger partial charge in [0.05, 0.1) is 27.2 Å². The van der Waals surface area contributed by atoms with Crippen molar-refractivity contribution in [2.24, 2.45) is 0 Å². The lowest BCUT2D eigenvalue weighted by molar-refractivity contribution is 0.0695. The summed E-state index contributed by atoms with van der Waals surface area (Å²) in [6.07, 6.45) is 1.63. The van der Waals surface area contributed by atoms with Crippen LogP contribution < -0.4 is 14.2 Å². The van der Waals surface area contributed by atoms with Crippen molar-refractivity contribution in [2.75, 3.05) is 34.4 Å². The van der Waals surface area contributed by atoms with Crippen molar-refractivity contribution in [3.8, 4) is 28.6 Å². The van der Waals surface area contributed by atoms with Crippen molar-refractivity contribution in [2.45, 2.75) is 18.8 Å². The van der Waals surface area contributed by atoms with Gasteiger partial charge in [-0.1, -0.05) is 5.16 Å². The third-order valence-corrected chi connectivity index (χ3v) is 5.51. The van der Waals surface area contributed by atoms with Gasteiger partial charge in [-0.3, -0.25) is 4.79 Å². The van der Waals surface area contributed by atoms with E-state index in [4.69, 9.17) is 18.7 Å². The van der Waals surface area contributed by atoms with E-state index in [1.54, 1.807) is 17.0 Å². The van der Waals surface area contributed by atoms with Crippen molar-refractivity contribution in [3.05, 3.63) is 53.7 Å². The van der Waals surface area contributed by atoms with Crippen LogP contribution in [0.3, 0.4) is 0 Å². The summed E-state index contributed by atoms with van der Waals surface area (Å²) in [7, 11) is 4.61. The second-order valence-corrected chi connectivity index (χ2v) is 7.47. The summed E-state index contributed by atoms with van der Waals surface area (Å²) in [5.41, 5.74) is 1.11. The van der Waals surface area contributed by atoms with Crippen LogP contribution in [0.2, 0.25) is 0 Å². The number of rotatable bonds is 6. The number of aromatic nitrogens is 2. The normalized spacial score (nSPS) is 16.0. The molecule has 1 fully saturated rings. The SMILES string of the molecule is COc1cc(-c2noc([C@@H]3CCCN(C(=O)c4ccc(F)cc4)C3)n2)cc(OC)c1OC. The van der Waals surface area contributed by atoms with Crippen LogP contribution in [-0.4, -0.2) is 55.4 Å². The number of amides is 1. The predicted molar refractivity (Wildman–Crippen MR) is 114 cm³/mol. The summed E-state index contributed by atoms with van der Waals surface area (Å²) < 4.78 is 34.9. The highest BCUT2D eigenvalue weighted by Crippen LogP contribution is 2.41. The van der Waals surface area contributed by atoms with E-state index in [0.717, 1.165) is 12.8 Å². The largest absolute Gasteiger partial charge is 0.493 e. The molecule has 0 saturated carbocycles. The Morgan fingerprint density at radius 3 is 2.41 bits per heavy atom. The van der Waals surface area contributed by atoms with E-state index in [1.807, 2.05) is 0 Å². The van der Waals surface area contributed by atoms with Gasteiger partial charge in [0.15, 0.2) is 11.5 Å². The van der Waals surface area contributed by atoms with Crippen LogP contribution >= 0.6 is 0 Å². The molecule has 4 rings (SSSR count). The van der Waals surface area contributed by atoms with E-state index in [1.165, 1.54) is 45.6 Å². The molecule has 1 aliphatic rings. The first-order valence-electron chi connectivity index (χ1n) is 10.2. The number of likely N-dealkylation sites (tertiary alicyclic amines) is 1. The highest BCUT2D eigenvalue weighted by Gasteiger charge is 2.29. The molecule has 0 aliphatic carbocycles. The van der Waals surface area contributed by atoms with Gasteiger partial charge in [0.1, 0.15) is 5.82 Å². The summed E-state index contributed by atoms with van der Waals surface area (Å²) in [6, 6.07) is 9.07. The maximum atomic E-state index is 13.2. The summed E-state index contributed by atoms with van der Waals surface area (Å²) in [5.74, 6) is 1.71. The lowest BCUT2D eigenvalue weighted by Gasteiger charge is -2.31. The lowest BCUT2D eigenvalue weighted by atomic mass is 9.97. The monoisotopic (exact) mass is 441 g/mol. The number of nitrogens with zero attached hydrogens (tertiary/aromatic N) is 3. The Labute approximate surface area is 184 Å². The molecule has 32 heavy (non-hydrogen) atoms. The van der Waals surface area contributed by atoms with Gasteiger partial charge in [-0.2, -0.15) is 4.98 Å². The van der Waals surface area contributed by atoms with E-state index in [-0.39, 0.29) is 17.6 Å². The molecule has 1 atom stereocenters. The van der Waals surface area contributed by atoms with Gasteiger partial charge in [-0.05, 0) is 49.2 Å². The molecule has 9 heteroatoms. The molecule has 0 N–H and O–H groups in total.